The highest BCUT2D eigenvalue weighted by Gasteiger charge is 2.35. The molecular formula is C107H78F6N20O5. The third-order valence-corrected chi connectivity index (χ3v) is 24.4. The zero-order chi connectivity index (χ0) is 96.1. The van der Waals surface area contributed by atoms with Gasteiger partial charge < -0.3 is 26.5 Å². The Bertz CT molecular complexity index is 8780. The molecule has 9 aromatic carbocycles. The van der Waals surface area contributed by atoms with Gasteiger partial charge >= 0.3 is 6.18 Å². The number of pyridine rings is 9. The zero-order valence-corrected chi connectivity index (χ0v) is 74.3. The van der Waals surface area contributed by atoms with Crippen LogP contribution in [0.1, 0.15) is 45.5 Å². The summed E-state index contributed by atoms with van der Waals surface area (Å²) in [6.07, 6.45) is 15.6. The van der Waals surface area contributed by atoms with E-state index in [0.29, 0.717) is 89.1 Å². The van der Waals surface area contributed by atoms with Crippen LogP contribution < -0.4 is 39.0 Å². The third-order valence-electron chi connectivity index (χ3n) is 24.4. The number of amides is 1. The number of rotatable bonds is 11. The van der Waals surface area contributed by atoms with Crippen LogP contribution in [0, 0.1) is 44.8 Å². The standard InChI is InChI=1S/C36H30F3N7O2.C25H15FN4O.C23H16FN5O.C23H17FN4O/c1-45-14-12-26(13-15-45)44-34(48)22-4-2-21(3-5-22)28-9-8-27(17-30(28)36(37,38)39)46-32(47)11-7-24-18-41-31-10-6-23(16-29(31)33(24)46)25-19-42-35(40)43-20-25;1-15-11-19(6-7-21(15)26)30-24(31)10-5-18-14-28-22-8-3-16(12-20(22)25(18)30)17-4-9-23(27-2)29-13-17;1-13-8-17(4-5-19(13)24)29-21(30)7-3-15-10-26-20-6-2-14(9-18(20)22(15)29)16-11-27-23(25)28-12-16;1-14-9-18(5-6-20(14)24)28-22(29)8-4-16-11-25-21-7-3-15(10-19(21)23(16)28)17-12-26-27(2)13-17/h2-11,16-20,26H,12-15H2,1H3,(H,44,48)(H2,40,42,43);3-14H,1H3;2-12H,1H3,(H2,25,27,28);3-13H,1-2H3. The molecule has 1 saturated heterocycles. The number of hydrogen-bond donors (Lipinski definition) is 3. The molecule has 0 bridgehead atoms. The van der Waals surface area contributed by atoms with Crippen LogP contribution in [0.4, 0.5) is 44.1 Å². The largest absolute Gasteiger partial charge is 0.417 e. The molecule has 1 aliphatic rings. The molecule has 31 heteroatoms. The van der Waals surface area contributed by atoms with Gasteiger partial charge in [0.2, 0.25) is 11.9 Å². The number of aromatic nitrogens is 15. The molecule has 22 rings (SSSR count). The van der Waals surface area contributed by atoms with Crippen LogP contribution in [-0.4, -0.2) is 110 Å². The van der Waals surface area contributed by atoms with Crippen LogP contribution in [0.5, 0.6) is 0 Å². The van der Waals surface area contributed by atoms with Crippen molar-refractivity contribution in [1.82, 2.24) is 83.1 Å². The fraction of sp³-hybridized carbons (Fsp3) is 0.103. The van der Waals surface area contributed by atoms with Gasteiger partial charge in [-0.2, -0.15) is 18.3 Å². The Kier molecular flexibility index (Phi) is 23.9. The molecule has 12 aromatic heterocycles. The number of carbonyl (C=O) groups excluding carboxylic acids is 1. The highest BCUT2D eigenvalue weighted by atomic mass is 19.4. The lowest BCUT2D eigenvalue weighted by molar-refractivity contribution is -0.137. The SMILES string of the molecule is CN1CCC(NC(=O)c2ccc(-c3ccc(-n4c(=O)ccc5cnc6ccc(-c7cnc(N)nc7)cc6c54)cc3C(F)(F)F)cc2)CC1.Cc1cc(-n2c(=O)ccc3cnc4ccc(-c5cnc(N)nc5)cc4c32)ccc1F.Cc1cc(-n2c(=O)ccc3cnc4ccc(-c5cnn(C)c5)cc4c32)ccc1F.[C-]#[N+]c1ccc(-c2ccc3ncc4ccc(=O)n(-c5ccc(F)c(C)c5)c4c3c2)cn1. The van der Waals surface area contributed by atoms with Gasteiger partial charge in [-0.05, 0) is 262 Å². The van der Waals surface area contributed by atoms with E-state index < -0.39 is 17.3 Å². The number of piperidine rings is 1. The average molecular weight is 1840 g/mol. The Morgan fingerprint density at radius 3 is 1.08 bits per heavy atom. The van der Waals surface area contributed by atoms with Crippen molar-refractivity contribution in [2.24, 2.45) is 7.05 Å². The number of fused-ring (bicyclic) bond motifs is 12. The molecule has 1 fully saturated rings. The summed E-state index contributed by atoms with van der Waals surface area (Å²) in [4.78, 5) is 109. The predicted molar refractivity (Wildman–Crippen MR) is 524 cm³/mol. The first-order chi connectivity index (χ1) is 66.6. The molecule has 25 nitrogen and oxygen atoms in total. The van der Waals surface area contributed by atoms with Crippen LogP contribution >= 0.6 is 0 Å². The molecule has 0 radical (unpaired) electrons. The summed E-state index contributed by atoms with van der Waals surface area (Å²) in [6, 6.07) is 63.1. The number of anilines is 2. The second-order valence-corrected chi connectivity index (χ2v) is 33.4. The summed E-state index contributed by atoms with van der Waals surface area (Å²) in [5.74, 6) is -0.539. The van der Waals surface area contributed by atoms with Gasteiger partial charge in [-0.25, -0.2) is 33.1 Å². The van der Waals surface area contributed by atoms with Gasteiger partial charge in [0.05, 0.1) is 55.9 Å². The maximum Gasteiger partial charge on any atom is 0.417 e. The highest BCUT2D eigenvalue weighted by Crippen LogP contribution is 2.41. The summed E-state index contributed by atoms with van der Waals surface area (Å²) in [6.45, 7) is 13.9. The number of carbonyl (C=O) groups is 1. The van der Waals surface area contributed by atoms with Crippen molar-refractivity contribution in [3.05, 3.63) is 397 Å². The fourth-order valence-electron chi connectivity index (χ4n) is 17.2. The lowest BCUT2D eigenvalue weighted by Gasteiger charge is -2.29. The van der Waals surface area contributed by atoms with Crippen molar-refractivity contribution >= 4 is 111 Å². The van der Waals surface area contributed by atoms with E-state index in [9.17, 15) is 50.3 Å². The number of alkyl halides is 3. The molecule has 0 unspecified atom stereocenters. The van der Waals surface area contributed by atoms with E-state index in [-0.39, 0.29) is 69.2 Å². The van der Waals surface area contributed by atoms with Gasteiger partial charge in [0, 0.05) is 187 Å². The van der Waals surface area contributed by atoms with E-state index in [4.69, 9.17) is 18.0 Å². The predicted octanol–water partition coefficient (Wildman–Crippen LogP) is 20.1. The van der Waals surface area contributed by atoms with Crippen molar-refractivity contribution in [2.75, 3.05) is 31.6 Å². The minimum atomic E-state index is -4.74. The van der Waals surface area contributed by atoms with E-state index >= 15 is 0 Å². The first-order valence-corrected chi connectivity index (χ1v) is 43.5. The van der Waals surface area contributed by atoms with Crippen LogP contribution in [0.3, 0.4) is 0 Å². The topological polar surface area (TPSA) is 311 Å². The minimum absolute atomic E-state index is 0.0459. The molecule has 0 atom stereocenters. The maximum atomic E-state index is 14.7. The van der Waals surface area contributed by atoms with Gasteiger partial charge in [0.25, 0.3) is 34.0 Å². The molecule has 21 aromatic rings. The third kappa shape index (κ3) is 17.9. The van der Waals surface area contributed by atoms with Crippen LogP contribution in [-0.2, 0) is 13.2 Å². The molecule has 1 aliphatic heterocycles. The van der Waals surface area contributed by atoms with E-state index in [2.05, 4.69) is 65.0 Å². The highest BCUT2D eigenvalue weighted by molar-refractivity contribution is 6.09. The normalized spacial score (nSPS) is 12.3. The molecule has 678 valence electrons. The van der Waals surface area contributed by atoms with Crippen LogP contribution in [0.25, 0.3) is 170 Å². The Labute approximate surface area is 780 Å². The monoisotopic (exact) mass is 1840 g/mol. The summed E-state index contributed by atoms with van der Waals surface area (Å²) in [5.41, 5.74) is 25.2. The second kappa shape index (κ2) is 36.9. The zero-order valence-electron chi connectivity index (χ0n) is 74.3. The lowest BCUT2D eigenvalue weighted by Crippen LogP contribution is -2.43. The number of nitrogens with two attached hydrogens (primary N) is 2. The summed E-state index contributed by atoms with van der Waals surface area (Å²) >= 11 is 0. The molecule has 0 spiro atoms. The summed E-state index contributed by atoms with van der Waals surface area (Å²) in [7, 11) is 3.91. The second-order valence-electron chi connectivity index (χ2n) is 33.4. The average Bonchev–Trinajstić information content (AvgIpc) is 0.853. The molecule has 138 heavy (non-hydrogen) atoms. The Morgan fingerprint density at radius 2 is 0.732 bits per heavy atom. The Hall–Kier alpha value is -17.9. The molecule has 0 saturated carbocycles. The lowest BCUT2D eigenvalue weighted by atomic mass is 9.97. The van der Waals surface area contributed by atoms with Gasteiger partial charge in [-0.3, -0.25) is 66.9 Å². The molecule has 13 heterocycles. The van der Waals surface area contributed by atoms with E-state index in [1.54, 1.807) is 180 Å². The number of nitrogens with zero attached hydrogens (tertiary/aromatic N) is 17. The number of likely N-dealkylation sites (tertiary alicyclic amines) is 1. The number of halogens is 6. The molecule has 0 aliphatic carbocycles. The molecular weight excluding hydrogens is 1760 g/mol. The van der Waals surface area contributed by atoms with Crippen molar-refractivity contribution in [2.45, 2.75) is 45.8 Å². The van der Waals surface area contributed by atoms with Gasteiger partial charge in [0.15, 0.2) is 0 Å². The summed E-state index contributed by atoms with van der Waals surface area (Å²) < 4.78 is 93.4. The van der Waals surface area contributed by atoms with Gasteiger partial charge in [-0.1, -0.05) is 55.1 Å². The number of benzene rings is 9. The van der Waals surface area contributed by atoms with Crippen molar-refractivity contribution in [1.29, 1.82) is 0 Å². The van der Waals surface area contributed by atoms with Crippen molar-refractivity contribution in [3.63, 3.8) is 0 Å². The van der Waals surface area contributed by atoms with Gasteiger partial charge in [-0.15, -0.1) is 4.98 Å². The maximum absolute atomic E-state index is 14.7. The Balaban J connectivity index is 0.000000120. The molecule has 1 amide bonds. The van der Waals surface area contributed by atoms with Crippen LogP contribution in [0.15, 0.2) is 318 Å². The summed E-state index contributed by atoms with van der Waals surface area (Å²) in [5, 5.41) is 13.3. The van der Waals surface area contributed by atoms with Gasteiger partial charge in [0.1, 0.15) is 23.6 Å². The van der Waals surface area contributed by atoms with E-state index in [0.717, 1.165) is 125 Å². The first kappa shape index (κ1) is 89.3. The van der Waals surface area contributed by atoms with Crippen molar-refractivity contribution in [3.8, 4) is 78.4 Å². The Morgan fingerprint density at radius 1 is 0.384 bits per heavy atom. The number of hydrogen-bond acceptors (Lipinski definition) is 18. The number of aryl methyl sites for hydroxylation is 4. The quantitative estimate of drug-likeness (QED) is 0.0615. The fourth-order valence-corrected chi connectivity index (χ4v) is 17.2. The first-order valence-electron chi connectivity index (χ1n) is 43.5. The van der Waals surface area contributed by atoms with Crippen LogP contribution in [0.2, 0.25) is 0 Å². The smallest absolute Gasteiger partial charge is 0.368 e. The van der Waals surface area contributed by atoms with E-state index in [1.165, 1.54) is 83.4 Å². The number of nitrogen functional groups attached to an aromatic ring is 2. The van der Waals surface area contributed by atoms with Crippen molar-refractivity contribution < 1.29 is 31.1 Å². The molecule has 5 N–H and O–H groups in total. The van der Waals surface area contributed by atoms with E-state index in [1.807, 2.05) is 87.0 Å². The number of nitrogens with one attached hydrogen (secondary N) is 1. The minimum Gasteiger partial charge on any atom is -0.368 e.